The maximum Gasteiger partial charge on any atom is 0.261 e. The van der Waals surface area contributed by atoms with E-state index in [0.717, 1.165) is 62.5 Å². The van der Waals surface area contributed by atoms with Crippen LogP contribution in [0.25, 0.3) is 10.9 Å². The number of nitrogens with zero attached hydrogens (tertiary/aromatic N) is 5. The largest absolute Gasteiger partial charge is 0.369 e. The van der Waals surface area contributed by atoms with Crippen molar-refractivity contribution in [2.75, 3.05) is 50.7 Å². The van der Waals surface area contributed by atoms with Gasteiger partial charge in [-0.1, -0.05) is 0 Å². The predicted octanol–water partition coefficient (Wildman–Crippen LogP) is 1.65. The zero-order chi connectivity index (χ0) is 21.3. The fraction of sp³-hybridized carbons (Fsp3) is 0.571. The van der Waals surface area contributed by atoms with Crippen LogP contribution in [0.5, 0.6) is 0 Å². The Morgan fingerprint density at radius 1 is 1.20 bits per heavy atom. The normalized spacial score (nSPS) is 20.5. The molecule has 2 aliphatic heterocycles. The van der Waals surface area contributed by atoms with Crippen molar-refractivity contribution in [3.8, 4) is 0 Å². The van der Waals surface area contributed by atoms with Crippen molar-refractivity contribution in [3.05, 3.63) is 34.9 Å². The van der Waals surface area contributed by atoms with E-state index in [1.807, 2.05) is 17.0 Å². The first-order chi connectivity index (χ1) is 14.4. The first-order valence-corrected chi connectivity index (χ1v) is 10.4. The molecule has 9 heteroatoms. The number of halogens is 2. The molecule has 0 saturated carbocycles. The van der Waals surface area contributed by atoms with Crippen molar-refractivity contribution in [1.82, 2.24) is 19.4 Å². The SMILES string of the molecule is CC(=O)N1CCC(CN2CCN(c3ccc4c(=O)n(CC(F)F)cnc4c3)CC2)C1. The van der Waals surface area contributed by atoms with Gasteiger partial charge in [0.1, 0.15) is 0 Å². The Kier molecular flexibility index (Phi) is 5.99. The van der Waals surface area contributed by atoms with Gasteiger partial charge in [0.15, 0.2) is 0 Å². The number of likely N-dealkylation sites (tertiary alicyclic amines) is 1. The van der Waals surface area contributed by atoms with Gasteiger partial charge in [0.2, 0.25) is 5.91 Å². The standard InChI is InChI=1S/C21H27F2N5O2/c1-15(29)27-5-4-16(12-27)11-25-6-8-26(9-7-25)17-2-3-18-19(10-17)24-14-28(21(18)30)13-20(22)23/h2-3,10,14,16,20H,4-9,11-13H2,1H3. The molecule has 3 heterocycles. The lowest BCUT2D eigenvalue weighted by Crippen LogP contribution is -2.48. The Morgan fingerprint density at radius 2 is 1.97 bits per heavy atom. The van der Waals surface area contributed by atoms with Crippen LogP contribution in [-0.4, -0.2) is 77.5 Å². The van der Waals surface area contributed by atoms with E-state index in [-0.39, 0.29) is 5.91 Å². The zero-order valence-corrected chi connectivity index (χ0v) is 17.1. The lowest BCUT2D eigenvalue weighted by molar-refractivity contribution is -0.127. The Morgan fingerprint density at radius 3 is 2.63 bits per heavy atom. The van der Waals surface area contributed by atoms with Gasteiger partial charge in [0, 0.05) is 58.4 Å². The summed E-state index contributed by atoms with van der Waals surface area (Å²) in [5.74, 6) is 0.703. The minimum atomic E-state index is -2.59. The average molecular weight is 419 g/mol. The van der Waals surface area contributed by atoms with Crippen LogP contribution in [0.1, 0.15) is 13.3 Å². The molecule has 162 valence electrons. The number of rotatable bonds is 5. The van der Waals surface area contributed by atoms with Crippen LogP contribution in [0.3, 0.4) is 0 Å². The highest BCUT2D eigenvalue weighted by Crippen LogP contribution is 2.22. The smallest absolute Gasteiger partial charge is 0.261 e. The second kappa shape index (κ2) is 8.67. The topological polar surface area (TPSA) is 61.7 Å². The van der Waals surface area contributed by atoms with E-state index in [9.17, 15) is 18.4 Å². The maximum absolute atomic E-state index is 12.6. The van der Waals surface area contributed by atoms with Gasteiger partial charge in [0.25, 0.3) is 12.0 Å². The summed E-state index contributed by atoms with van der Waals surface area (Å²) in [4.78, 5) is 34.7. The van der Waals surface area contributed by atoms with Gasteiger partial charge in [-0.05, 0) is 30.5 Å². The molecule has 1 aromatic heterocycles. The molecule has 0 spiro atoms. The van der Waals surface area contributed by atoms with E-state index < -0.39 is 18.5 Å². The van der Waals surface area contributed by atoms with Gasteiger partial charge < -0.3 is 9.80 Å². The molecule has 0 bridgehead atoms. The Hall–Kier alpha value is -2.55. The third-order valence-electron chi connectivity index (χ3n) is 6.13. The van der Waals surface area contributed by atoms with E-state index in [1.165, 1.54) is 6.33 Å². The first-order valence-electron chi connectivity index (χ1n) is 10.4. The van der Waals surface area contributed by atoms with E-state index >= 15 is 0 Å². The van der Waals surface area contributed by atoms with Gasteiger partial charge in [-0.2, -0.15) is 0 Å². The molecular formula is C21H27F2N5O2. The number of alkyl halides is 2. The summed E-state index contributed by atoms with van der Waals surface area (Å²) in [6, 6.07) is 5.42. The predicted molar refractivity (Wildman–Crippen MR) is 111 cm³/mol. The zero-order valence-electron chi connectivity index (χ0n) is 17.1. The Labute approximate surface area is 173 Å². The van der Waals surface area contributed by atoms with Crippen molar-refractivity contribution in [3.63, 3.8) is 0 Å². The number of piperazine rings is 1. The summed E-state index contributed by atoms with van der Waals surface area (Å²) >= 11 is 0. The molecule has 2 aromatic rings. The van der Waals surface area contributed by atoms with E-state index in [4.69, 9.17) is 0 Å². The molecule has 1 amide bonds. The number of aromatic nitrogens is 2. The number of anilines is 1. The highest BCUT2D eigenvalue weighted by molar-refractivity contribution is 5.81. The molecule has 2 aliphatic rings. The fourth-order valence-electron chi connectivity index (χ4n) is 4.44. The van der Waals surface area contributed by atoms with Gasteiger partial charge in [-0.15, -0.1) is 0 Å². The van der Waals surface area contributed by atoms with Crippen LogP contribution in [-0.2, 0) is 11.3 Å². The third-order valence-corrected chi connectivity index (χ3v) is 6.13. The highest BCUT2D eigenvalue weighted by Gasteiger charge is 2.27. The van der Waals surface area contributed by atoms with Crippen molar-refractivity contribution >= 4 is 22.5 Å². The van der Waals surface area contributed by atoms with Crippen LogP contribution in [0.15, 0.2) is 29.3 Å². The van der Waals surface area contributed by atoms with E-state index in [1.54, 1.807) is 13.0 Å². The molecule has 1 unspecified atom stereocenters. The number of hydrogen-bond donors (Lipinski definition) is 0. The second-order valence-corrected chi connectivity index (χ2v) is 8.20. The minimum absolute atomic E-state index is 0.160. The van der Waals surface area contributed by atoms with Crippen molar-refractivity contribution in [2.45, 2.75) is 26.3 Å². The molecule has 1 aromatic carbocycles. The van der Waals surface area contributed by atoms with Crippen molar-refractivity contribution in [1.29, 1.82) is 0 Å². The summed E-state index contributed by atoms with van der Waals surface area (Å²) in [5.41, 5.74) is 1.08. The number of benzene rings is 1. The van der Waals surface area contributed by atoms with Crippen molar-refractivity contribution in [2.24, 2.45) is 5.92 Å². The number of carbonyl (C=O) groups is 1. The summed E-state index contributed by atoms with van der Waals surface area (Å²) in [6.07, 6.45) is -0.323. The monoisotopic (exact) mass is 419 g/mol. The lowest BCUT2D eigenvalue weighted by Gasteiger charge is -2.37. The third kappa shape index (κ3) is 4.45. The van der Waals surface area contributed by atoms with Gasteiger partial charge in [-0.25, -0.2) is 13.8 Å². The quantitative estimate of drug-likeness (QED) is 0.738. The Bertz CT molecular complexity index is 972. The molecular weight excluding hydrogens is 392 g/mol. The number of hydrogen-bond acceptors (Lipinski definition) is 5. The molecule has 2 fully saturated rings. The van der Waals surface area contributed by atoms with Crippen molar-refractivity contribution < 1.29 is 13.6 Å². The molecule has 30 heavy (non-hydrogen) atoms. The van der Waals surface area contributed by atoms with Gasteiger partial charge >= 0.3 is 0 Å². The van der Waals surface area contributed by atoms with Crippen LogP contribution in [0.4, 0.5) is 14.5 Å². The molecule has 7 nitrogen and oxygen atoms in total. The lowest BCUT2D eigenvalue weighted by atomic mass is 10.1. The molecule has 0 aliphatic carbocycles. The highest BCUT2D eigenvalue weighted by atomic mass is 19.3. The summed E-state index contributed by atoms with van der Waals surface area (Å²) in [6.45, 7) is 7.35. The number of carbonyl (C=O) groups excluding carboxylic acids is 1. The molecule has 1 atom stereocenters. The summed E-state index contributed by atoms with van der Waals surface area (Å²) < 4.78 is 26.2. The minimum Gasteiger partial charge on any atom is -0.369 e. The average Bonchev–Trinajstić information content (AvgIpc) is 3.19. The van der Waals surface area contributed by atoms with Crippen LogP contribution >= 0.6 is 0 Å². The van der Waals surface area contributed by atoms with E-state index in [0.29, 0.717) is 16.8 Å². The van der Waals surface area contributed by atoms with E-state index in [2.05, 4.69) is 14.8 Å². The molecule has 2 saturated heterocycles. The Balaban J connectivity index is 1.37. The van der Waals surface area contributed by atoms with Gasteiger partial charge in [-0.3, -0.25) is 19.1 Å². The van der Waals surface area contributed by atoms with Crippen LogP contribution in [0, 0.1) is 5.92 Å². The molecule has 4 rings (SSSR count). The van der Waals surface area contributed by atoms with Crippen LogP contribution in [0.2, 0.25) is 0 Å². The molecule has 0 radical (unpaired) electrons. The van der Waals surface area contributed by atoms with Crippen LogP contribution < -0.4 is 10.5 Å². The number of amides is 1. The summed E-state index contributed by atoms with van der Waals surface area (Å²) in [5, 5.41) is 0.358. The maximum atomic E-state index is 12.6. The fourth-order valence-corrected chi connectivity index (χ4v) is 4.44. The number of fused-ring (bicyclic) bond motifs is 1. The second-order valence-electron chi connectivity index (χ2n) is 8.20. The first kappa shape index (κ1) is 20.7. The van der Waals surface area contributed by atoms with Gasteiger partial charge in [0.05, 0.1) is 23.8 Å². The molecule has 0 N–H and O–H groups in total. The summed E-state index contributed by atoms with van der Waals surface area (Å²) in [7, 11) is 0.